The molecule has 4 heteroatoms. The quantitative estimate of drug-likeness (QED) is 0.769. The standard InChI is InChI=1S/C9H11BrClNO/c1-7(4-11)5-12-6-8(10)2-3-9(12)13/h2-3,6-7H,4-5H2,1H3. The van der Waals surface area contributed by atoms with E-state index < -0.39 is 0 Å². The predicted octanol–water partition coefficient (Wildman–Crippen LogP) is 2.49. The number of alkyl halides is 1. The third kappa shape index (κ3) is 3.16. The van der Waals surface area contributed by atoms with E-state index >= 15 is 0 Å². The van der Waals surface area contributed by atoms with Gasteiger partial charge in [-0.15, -0.1) is 11.6 Å². The third-order valence-electron chi connectivity index (χ3n) is 1.72. The first-order valence-electron chi connectivity index (χ1n) is 4.05. The van der Waals surface area contributed by atoms with Gasteiger partial charge in [0.1, 0.15) is 0 Å². The number of nitrogens with zero attached hydrogens (tertiary/aromatic N) is 1. The first kappa shape index (κ1) is 10.8. The van der Waals surface area contributed by atoms with Gasteiger partial charge in [-0.2, -0.15) is 0 Å². The van der Waals surface area contributed by atoms with Gasteiger partial charge in [0.05, 0.1) is 0 Å². The molecular weight excluding hydrogens is 253 g/mol. The van der Waals surface area contributed by atoms with E-state index in [1.165, 1.54) is 0 Å². The second-order valence-corrected chi connectivity index (χ2v) is 4.32. The average Bonchev–Trinajstić information content (AvgIpc) is 2.11. The molecule has 0 radical (unpaired) electrons. The van der Waals surface area contributed by atoms with Gasteiger partial charge < -0.3 is 4.57 Å². The fourth-order valence-electron chi connectivity index (χ4n) is 1.03. The van der Waals surface area contributed by atoms with Crippen LogP contribution in [-0.2, 0) is 6.54 Å². The summed E-state index contributed by atoms with van der Waals surface area (Å²) < 4.78 is 2.57. The molecule has 0 aliphatic heterocycles. The number of hydrogen-bond donors (Lipinski definition) is 0. The molecule has 0 spiro atoms. The maximum atomic E-state index is 11.3. The lowest BCUT2D eigenvalue weighted by Gasteiger charge is -2.09. The molecule has 0 aliphatic rings. The Morgan fingerprint density at radius 1 is 1.62 bits per heavy atom. The summed E-state index contributed by atoms with van der Waals surface area (Å²) in [5, 5.41) is 0. The van der Waals surface area contributed by atoms with Crippen molar-refractivity contribution >= 4 is 27.5 Å². The van der Waals surface area contributed by atoms with E-state index in [1.54, 1.807) is 22.9 Å². The van der Waals surface area contributed by atoms with Crippen LogP contribution in [0.4, 0.5) is 0 Å². The van der Waals surface area contributed by atoms with Gasteiger partial charge in [0.15, 0.2) is 0 Å². The lowest BCUT2D eigenvalue weighted by Crippen LogP contribution is -2.22. The number of hydrogen-bond acceptors (Lipinski definition) is 1. The van der Waals surface area contributed by atoms with Gasteiger partial charge in [-0.3, -0.25) is 4.79 Å². The summed E-state index contributed by atoms with van der Waals surface area (Å²) in [5.41, 5.74) is 0.0140. The van der Waals surface area contributed by atoms with Crippen molar-refractivity contribution in [1.82, 2.24) is 4.57 Å². The molecule has 1 unspecified atom stereocenters. The van der Waals surface area contributed by atoms with Gasteiger partial charge in [-0.05, 0) is 27.9 Å². The zero-order valence-electron chi connectivity index (χ0n) is 7.34. The normalized spacial score (nSPS) is 12.8. The average molecular weight is 265 g/mol. The zero-order valence-corrected chi connectivity index (χ0v) is 9.68. The summed E-state index contributed by atoms with van der Waals surface area (Å²) in [6.45, 7) is 2.68. The van der Waals surface area contributed by atoms with Crippen LogP contribution >= 0.6 is 27.5 Å². The van der Waals surface area contributed by atoms with Gasteiger partial charge >= 0.3 is 0 Å². The topological polar surface area (TPSA) is 22.0 Å². The van der Waals surface area contributed by atoms with Crippen molar-refractivity contribution in [3.8, 4) is 0 Å². The second-order valence-electron chi connectivity index (χ2n) is 3.10. The van der Waals surface area contributed by atoms with Crippen LogP contribution in [-0.4, -0.2) is 10.4 Å². The Morgan fingerprint density at radius 2 is 2.31 bits per heavy atom. The van der Waals surface area contributed by atoms with E-state index in [2.05, 4.69) is 15.9 Å². The van der Waals surface area contributed by atoms with Crippen molar-refractivity contribution in [1.29, 1.82) is 0 Å². The van der Waals surface area contributed by atoms with Crippen molar-refractivity contribution in [2.24, 2.45) is 5.92 Å². The largest absolute Gasteiger partial charge is 0.314 e. The first-order valence-corrected chi connectivity index (χ1v) is 5.38. The van der Waals surface area contributed by atoms with Crippen LogP contribution in [0.5, 0.6) is 0 Å². The highest BCUT2D eigenvalue weighted by Gasteiger charge is 2.02. The van der Waals surface area contributed by atoms with Crippen molar-refractivity contribution in [2.75, 3.05) is 5.88 Å². The highest BCUT2D eigenvalue weighted by Crippen LogP contribution is 2.07. The number of rotatable bonds is 3. The molecule has 1 aromatic heterocycles. The van der Waals surface area contributed by atoms with E-state index in [4.69, 9.17) is 11.6 Å². The lowest BCUT2D eigenvalue weighted by molar-refractivity contribution is 0.515. The van der Waals surface area contributed by atoms with Gasteiger partial charge in [0.2, 0.25) is 0 Å². The SMILES string of the molecule is CC(CCl)Cn1cc(Br)ccc1=O. The Kier molecular flexibility index (Phi) is 4.00. The van der Waals surface area contributed by atoms with Crippen molar-refractivity contribution in [2.45, 2.75) is 13.5 Å². The molecule has 0 fully saturated rings. The van der Waals surface area contributed by atoms with Gasteiger partial charge in [0, 0.05) is 29.2 Å². The van der Waals surface area contributed by atoms with Crippen molar-refractivity contribution in [3.05, 3.63) is 33.2 Å². The fourth-order valence-corrected chi connectivity index (χ4v) is 1.51. The number of halogens is 2. The van der Waals surface area contributed by atoms with Crippen LogP contribution in [0.25, 0.3) is 0 Å². The predicted molar refractivity (Wildman–Crippen MR) is 58.3 cm³/mol. The van der Waals surface area contributed by atoms with Crippen LogP contribution in [0, 0.1) is 5.92 Å². The molecule has 72 valence electrons. The highest BCUT2D eigenvalue weighted by atomic mass is 79.9. The Bertz CT molecular complexity index is 337. The Morgan fingerprint density at radius 3 is 2.92 bits per heavy atom. The molecule has 0 saturated heterocycles. The van der Waals surface area contributed by atoms with Gasteiger partial charge in [-0.1, -0.05) is 6.92 Å². The number of pyridine rings is 1. The summed E-state index contributed by atoms with van der Waals surface area (Å²) >= 11 is 8.98. The van der Waals surface area contributed by atoms with E-state index in [-0.39, 0.29) is 5.56 Å². The fraction of sp³-hybridized carbons (Fsp3) is 0.444. The minimum Gasteiger partial charge on any atom is -0.314 e. The monoisotopic (exact) mass is 263 g/mol. The minimum absolute atomic E-state index is 0.0140. The first-order chi connectivity index (χ1) is 6.13. The molecule has 1 heterocycles. The molecule has 1 aromatic rings. The third-order valence-corrected chi connectivity index (χ3v) is 2.72. The van der Waals surface area contributed by atoms with Crippen molar-refractivity contribution in [3.63, 3.8) is 0 Å². The molecule has 13 heavy (non-hydrogen) atoms. The second kappa shape index (κ2) is 4.82. The van der Waals surface area contributed by atoms with Gasteiger partial charge in [-0.25, -0.2) is 0 Å². The molecule has 2 nitrogen and oxygen atoms in total. The van der Waals surface area contributed by atoms with Gasteiger partial charge in [0.25, 0.3) is 5.56 Å². The minimum atomic E-state index is 0.0140. The highest BCUT2D eigenvalue weighted by molar-refractivity contribution is 9.10. The Hall–Kier alpha value is -0.280. The summed E-state index contributed by atoms with van der Waals surface area (Å²) in [6, 6.07) is 3.29. The smallest absolute Gasteiger partial charge is 0.250 e. The molecular formula is C9H11BrClNO. The van der Waals surface area contributed by atoms with Crippen LogP contribution in [0.1, 0.15) is 6.92 Å². The molecule has 1 rings (SSSR count). The molecule has 0 aromatic carbocycles. The molecule has 0 bridgehead atoms. The van der Waals surface area contributed by atoms with E-state index in [0.717, 1.165) is 4.47 Å². The molecule has 0 saturated carbocycles. The Balaban J connectivity index is 2.87. The van der Waals surface area contributed by atoms with E-state index in [0.29, 0.717) is 18.3 Å². The maximum Gasteiger partial charge on any atom is 0.250 e. The van der Waals surface area contributed by atoms with Crippen LogP contribution < -0.4 is 5.56 Å². The molecule has 1 atom stereocenters. The molecule has 0 aliphatic carbocycles. The lowest BCUT2D eigenvalue weighted by atomic mass is 10.2. The molecule has 0 N–H and O–H groups in total. The Labute approximate surface area is 90.7 Å². The maximum absolute atomic E-state index is 11.3. The summed E-state index contributed by atoms with van der Waals surface area (Å²) in [4.78, 5) is 11.3. The van der Waals surface area contributed by atoms with Crippen LogP contribution in [0.3, 0.4) is 0 Å². The summed E-state index contributed by atoms with van der Waals surface area (Å²) in [7, 11) is 0. The number of aromatic nitrogens is 1. The summed E-state index contributed by atoms with van der Waals surface area (Å²) in [5.74, 6) is 0.882. The van der Waals surface area contributed by atoms with Crippen molar-refractivity contribution < 1.29 is 0 Å². The van der Waals surface area contributed by atoms with Crippen LogP contribution in [0.2, 0.25) is 0 Å². The van der Waals surface area contributed by atoms with Crippen LogP contribution in [0.15, 0.2) is 27.6 Å². The van der Waals surface area contributed by atoms with E-state index in [1.807, 2.05) is 6.92 Å². The van der Waals surface area contributed by atoms with E-state index in [9.17, 15) is 4.79 Å². The molecule has 0 amide bonds. The zero-order chi connectivity index (χ0) is 9.84. The summed E-state index contributed by atoms with van der Waals surface area (Å²) in [6.07, 6.45) is 1.78.